The van der Waals surface area contributed by atoms with Crippen molar-refractivity contribution in [3.8, 4) is 11.5 Å². The fraction of sp³-hybridized carbons (Fsp3) is 0.318. The molecule has 0 N–H and O–H groups in total. The Morgan fingerprint density at radius 3 is 2.36 bits per heavy atom. The van der Waals surface area contributed by atoms with E-state index in [0.29, 0.717) is 27.8 Å². The number of carbonyl (C=O) groups excluding carboxylic acids is 1. The fourth-order valence-corrected chi connectivity index (χ4v) is 2.88. The van der Waals surface area contributed by atoms with Crippen LogP contribution in [0.25, 0.3) is 5.57 Å². The third-order valence-electron chi connectivity index (χ3n) is 4.40. The van der Waals surface area contributed by atoms with Crippen molar-refractivity contribution in [1.29, 1.82) is 0 Å². The van der Waals surface area contributed by atoms with Crippen LogP contribution in [0.5, 0.6) is 11.5 Å². The zero-order chi connectivity index (χ0) is 19.9. The summed E-state index contributed by atoms with van der Waals surface area (Å²) in [6.07, 6.45) is 3.87. The van der Waals surface area contributed by atoms with Crippen molar-refractivity contribution >= 4 is 23.1 Å². The highest BCUT2D eigenvalue weighted by atomic mass is 35.5. The highest BCUT2D eigenvalue weighted by molar-refractivity contribution is 6.30. The summed E-state index contributed by atoms with van der Waals surface area (Å²) in [4.78, 5) is 12.1. The minimum Gasteiger partial charge on any atom is -0.503 e. The van der Waals surface area contributed by atoms with Gasteiger partial charge in [-0.2, -0.15) is 0 Å². The smallest absolute Gasteiger partial charge is 0.341 e. The molecule has 0 unspecified atom stereocenters. The summed E-state index contributed by atoms with van der Waals surface area (Å²) >= 11 is 6.14. The van der Waals surface area contributed by atoms with Gasteiger partial charge < -0.3 is 18.9 Å². The quantitative estimate of drug-likeness (QED) is 0.340. The predicted octanol–water partition coefficient (Wildman–Crippen LogP) is 4.87. The molecule has 0 aliphatic heterocycles. The number of methoxy groups -OCH3 is 2. The Hall–Kier alpha value is -2.66. The maximum absolute atomic E-state index is 12.1. The lowest BCUT2D eigenvalue weighted by Gasteiger charge is -2.14. The van der Waals surface area contributed by atoms with E-state index < -0.39 is 5.97 Å². The van der Waals surface area contributed by atoms with Gasteiger partial charge in [0.15, 0.2) is 0 Å². The van der Waals surface area contributed by atoms with E-state index >= 15 is 0 Å². The van der Waals surface area contributed by atoms with E-state index in [2.05, 4.69) is 0 Å². The van der Waals surface area contributed by atoms with Crippen LogP contribution in [0.2, 0.25) is 5.02 Å². The van der Waals surface area contributed by atoms with Crippen LogP contribution >= 0.6 is 11.6 Å². The fourth-order valence-electron chi connectivity index (χ4n) is 2.69. The van der Waals surface area contributed by atoms with E-state index in [0.717, 1.165) is 17.9 Å². The molecule has 1 fully saturated rings. The number of carbonyl (C=O) groups is 1. The first-order chi connectivity index (χ1) is 13.6. The maximum atomic E-state index is 12.1. The zero-order valence-corrected chi connectivity index (χ0v) is 16.7. The Labute approximate surface area is 169 Å². The topological polar surface area (TPSA) is 54.0 Å². The summed E-state index contributed by atoms with van der Waals surface area (Å²) in [7, 11) is 2.80. The third-order valence-corrected chi connectivity index (χ3v) is 4.63. The average molecular weight is 403 g/mol. The number of hydrogen-bond acceptors (Lipinski definition) is 5. The van der Waals surface area contributed by atoms with Gasteiger partial charge >= 0.3 is 5.97 Å². The predicted molar refractivity (Wildman–Crippen MR) is 107 cm³/mol. The molecule has 5 nitrogen and oxygen atoms in total. The van der Waals surface area contributed by atoms with Crippen LogP contribution in [0.3, 0.4) is 0 Å². The molecule has 0 saturated heterocycles. The second kappa shape index (κ2) is 9.51. The van der Waals surface area contributed by atoms with Gasteiger partial charge in [-0.25, -0.2) is 4.79 Å². The molecule has 0 heterocycles. The van der Waals surface area contributed by atoms with Crippen molar-refractivity contribution in [2.75, 3.05) is 20.8 Å². The van der Waals surface area contributed by atoms with Crippen molar-refractivity contribution in [1.82, 2.24) is 0 Å². The zero-order valence-electron chi connectivity index (χ0n) is 15.9. The van der Waals surface area contributed by atoms with Crippen LogP contribution in [-0.2, 0) is 20.9 Å². The van der Waals surface area contributed by atoms with E-state index in [9.17, 15) is 4.79 Å². The van der Waals surface area contributed by atoms with Crippen LogP contribution in [0, 0.1) is 5.92 Å². The Kier molecular flexibility index (Phi) is 6.82. The van der Waals surface area contributed by atoms with Gasteiger partial charge in [-0.15, -0.1) is 0 Å². The van der Waals surface area contributed by atoms with Crippen molar-refractivity contribution in [2.24, 2.45) is 5.92 Å². The summed E-state index contributed by atoms with van der Waals surface area (Å²) in [6.45, 7) is 1.00. The molecule has 0 atom stereocenters. The highest BCUT2D eigenvalue weighted by Crippen LogP contribution is 2.30. The minimum atomic E-state index is -0.498. The van der Waals surface area contributed by atoms with Crippen molar-refractivity contribution < 1.29 is 23.7 Å². The van der Waals surface area contributed by atoms with Crippen LogP contribution in [0.15, 0.2) is 48.7 Å². The summed E-state index contributed by atoms with van der Waals surface area (Å²) < 4.78 is 21.5. The largest absolute Gasteiger partial charge is 0.503 e. The third kappa shape index (κ3) is 5.42. The van der Waals surface area contributed by atoms with E-state index in [1.165, 1.54) is 33.3 Å². The Bertz CT molecular complexity index is 841. The van der Waals surface area contributed by atoms with Gasteiger partial charge in [0.1, 0.15) is 23.7 Å². The Morgan fingerprint density at radius 1 is 1.07 bits per heavy atom. The molecule has 2 aromatic carbocycles. The lowest BCUT2D eigenvalue weighted by atomic mass is 10.0. The van der Waals surface area contributed by atoms with Gasteiger partial charge in [-0.3, -0.25) is 0 Å². The molecule has 0 aromatic heterocycles. The van der Waals surface area contributed by atoms with Gasteiger partial charge in [0, 0.05) is 5.02 Å². The van der Waals surface area contributed by atoms with Crippen molar-refractivity contribution in [3.63, 3.8) is 0 Å². The van der Waals surface area contributed by atoms with E-state index in [1.807, 2.05) is 24.3 Å². The second-order valence-corrected chi connectivity index (χ2v) is 7.01. The number of rotatable bonds is 9. The van der Waals surface area contributed by atoms with E-state index in [1.54, 1.807) is 18.2 Å². The molecule has 1 saturated carbocycles. The van der Waals surface area contributed by atoms with Crippen LogP contribution in [0.4, 0.5) is 0 Å². The first-order valence-electron chi connectivity index (χ1n) is 9.06. The number of ether oxygens (including phenoxy) is 4. The molecule has 0 amide bonds. The molecule has 28 heavy (non-hydrogen) atoms. The van der Waals surface area contributed by atoms with Gasteiger partial charge in [0.05, 0.1) is 27.1 Å². The number of halogens is 1. The molecular weight excluding hydrogens is 380 g/mol. The van der Waals surface area contributed by atoms with Crippen molar-refractivity contribution in [3.05, 3.63) is 64.9 Å². The standard InChI is InChI=1S/C22H23ClO5/c1-25-14-21(22(24)26-2)20-10-5-17(23)11-16(20)13-28-19-8-6-18(7-9-19)27-12-15-3-4-15/h5-11,14-15H,3-4,12-13H2,1-2H3. The molecule has 2 aromatic rings. The summed E-state index contributed by atoms with van der Waals surface area (Å²) in [5, 5.41) is 0.549. The van der Waals surface area contributed by atoms with Gasteiger partial charge in [0.25, 0.3) is 0 Å². The highest BCUT2D eigenvalue weighted by Gasteiger charge is 2.22. The molecule has 0 spiro atoms. The average Bonchev–Trinajstić information content (AvgIpc) is 3.54. The van der Waals surface area contributed by atoms with E-state index in [4.69, 9.17) is 30.5 Å². The Balaban J connectivity index is 1.71. The first-order valence-corrected chi connectivity index (χ1v) is 9.44. The molecule has 0 radical (unpaired) electrons. The number of hydrogen-bond donors (Lipinski definition) is 0. The van der Waals surface area contributed by atoms with Gasteiger partial charge in [0.2, 0.25) is 0 Å². The number of esters is 1. The molecule has 6 heteroatoms. The molecule has 1 aliphatic carbocycles. The molecule has 1 aliphatic rings. The molecule has 3 rings (SSSR count). The van der Waals surface area contributed by atoms with Crippen molar-refractivity contribution in [2.45, 2.75) is 19.4 Å². The maximum Gasteiger partial charge on any atom is 0.341 e. The van der Waals surface area contributed by atoms with E-state index in [-0.39, 0.29) is 6.61 Å². The second-order valence-electron chi connectivity index (χ2n) is 6.57. The Morgan fingerprint density at radius 2 is 1.75 bits per heavy atom. The normalized spacial score (nSPS) is 13.8. The lowest BCUT2D eigenvalue weighted by Crippen LogP contribution is -2.08. The monoisotopic (exact) mass is 402 g/mol. The van der Waals surface area contributed by atoms with Gasteiger partial charge in [-0.05, 0) is 66.3 Å². The lowest BCUT2D eigenvalue weighted by molar-refractivity contribution is -0.133. The van der Waals surface area contributed by atoms with Crippen LogP contribution in [0.1, 0.15) is 24.0 Å². The summed E-state index contributed by atoms with van der Waals surface area (Å²) in [5.41, 5.74) is 1.68. The molecule has 148 valence electrons. The number of benzene rings is 2. The summed E-state index contributed by atoms with van der Waals surface area (Å²) in [5.74, 6) is 1.74. The molecule has 0 bridgehead atoms. The van der Waals surface area contributed by atoms with Crippen LogP contribution < -0.4 is 9.47 Å². The van der Waals surface area contributed by atoms with Gasteiger partial charge in [-0.1, -0.05) is 17.7 Å². The first kappa shape index (κ1) is 20.1. The molecular formula is C22H23ClO5. The summed E-state index contributed by atoms with van der Waals surface area (Å²) in [6, 6.07) is 12.7. The van der Waals surface area contributed by atoms with Crippen LogP contribution in [-0.4, -0.2) is 26.8 Å². The minimum absolute atomic E-state index is 0.232. The SMILES string of the molecule is COC=C(C(=O)OC)c1ccc(Cl)cc1COc1ccc(OCC2CC2)cc1.